The topological polar surface area (TPSA) is 439 Å². The normalized spacial score (nSPS) is 22.2. The summed E-state index contributed by atoms with van der Waals surface area (Å²) >= 11 is 0. The molecule has 0 aliphatic carbocycles. The number of fused-ring (bicyclic) bond motifs is 6. The zero-order valence-corrected chi connectivity index (χ0v) is 50.8. The molecule has 10 amide bonds. The molecule has 2 saturated heterocycles. The van der Waals surface area contributed by atoms with Gasteiger partial charge in [-0.15, -0.1) is 0 Å². The first-order valence-electron chi connectivity index (χ1n) is 29.0. The minimum atomic E-state index is -1.80. The number of primary amides is 1. The fourth-order valence-electron chi connectivity index (χ4n) is 10.9. The number of nitrogens with one attached hydrogen (secondary N) is 8. The van der Waals surface area contributed by atoms with E-state index in [0.717, 1.165) is 21.6 Å². The maximum absolute atomic E-state index is 14.8. The molecular formula is C60H71N11O17S2. The lowest BCUT2D eigenvalue weighted by Crippen LogP contribution is -2.62. The van der Waals surface area contributed by atoms with E-state index in [1.807, 2.05) is 0 Å². The number of aliphatic hydroxyl groups is 1. The molecule has 0 saturated carbocycles. The van der Waals surface area contributed by atoms with Gasteiger partial charge in [0.15, 0.2) is 5.60 Å². The number of hydrogen-bond donors (Lipinski definition) is 14. The van der Waals surface area contributed by atoms with Crippen molar-refractivity contribution in [3.63, 3.8) is 0 Å². The van der Waals surface area contributed by atoms with Crippen LogP contribution in [0.3, 0.4) is 0 Å². The number of phenols is 3. The number of hydrogen-bond acceptors (Lipinski definition) is 20. The highest BCUT2D eigenvalue weighted by Gasteiger charge is 2.54. The van der Waals surface area contributed by atoms with Crippen LogP contribution < -0.4 is 58.7 Å². The molecule has 0 aromatic heterocycles. The Labute approximate surface area is 523 Å². The number of benzene rings is 4. The van der Waals surface area contributed by atoms with E-state index in [0.29, 0.717) is 29.5 Å². The monoisotopic (exact) mass is 1280 g/mol. The summed E-state index contributed by atoms with van der Waals surface area (Å²) < 4.78 is 12.1. The van der Waals surface area contributed by atoms with Crippen molar-refractivity contribution in [2.24, 2.45) is 17.4 Å². The molecule has 4 aromatic carbocycles. The third-order valence-corrected chi connectivity index (χ3v) is 18.2. The smallest absolute Gasteiger partial charge is 0.340 e. The summed E-state index contributed by atoms with van der Waals surface area (Å²) in [6.07, 6.45) is -1.86. The highest BCUT2D eigenvalue weighted by atomic mass is 33.1. The van der Waals surface area contributed by atoms with Crippen LogP contribution in [0.5, 0.6) is 28.7 Å². The number of nitrogens with two attached hydrogens (primary N) is 2. The number of ether oxygens (including phenoxy) is 2. The minimum Gasteiger partial charge on any atom is -0.508 e. The van der Waals surface area contributed by atoms with Crippen LogP contribution in [0.2, 0.25) is 0 Å². The number of carbonyl (C=O) groups excluding carboxylic acids is 11. The highest BCUT2D eigenvalue weighted by molar-refractivity contribution is 8.76. The van der Waals surface area contributed by atoms with Gasteiger partial charge in [-0.25, -0.2) is 4.79 Å². The van der Waals surface area contributed by atoms with E-state index in [1.54, 1.807) is 13.8 Å². The number of aliphatic hydroxyl groups excluding tert-OH is 1. The van der Waals surface area contributed by atoms with E-state index < -0.39 is 131 Å². The molecule has 0 radical (unpaired) electrons. The minimum absolute atomic E-state index is 0.00167. The Balaban J connectivity index is 0.970. The summed E-state index contributed by atoms with van der Waals surface area (Å²) in [5.41, 5.74) is 11.1. The van der Waals surface area contributed by atoms with Crippen molar-refractivity contribution >= 4 is 86.6 Å². The van der Waals surface area contributed by atoms with Crippen molar-refractivity contribution in [3.05, 3.63) is 112 Å². The summed E-state index contributed by atoms with van der Waals surface area (Å²) in [6.45, 7) is 4.21. The molecule has 480 valence electrons. The van der Waals surface area contributed by atoms with Crippen molar-refractivity contribution in [2.45, 2.75) is 120 Å². The molecule has 4 aromatic rings. The average Bonchev–Trinajstić information content (AvgIpc) is 1.73. The highest BCUT2D eigenvalue weighted by Crippen LogP contribution is 2.57. The van der Waals surface area contributed by atoms with Gasteiger partial charge in [0.2, 0.25) is 53.2 Å². The number of likely N-dealkylation sites (tertiary alicyclic amines) is 1. The second kappa shape index (κ2) is 29.5. The van der Waals surface area contributed by atoms with Crippen LogP contribution in [0.4, 0.5) is 0 Å². The summed E-state index contributed by atoms with van der Waals surface area (Å²) in [4.78, 5) is 154. The lowest BCUT2D eigenvalue weighted by Gasteiger charge is -2.36. The number of esters is 1. The predicted molar refractivity (Wildman–Crippen MR) is 325 cm³/mol. The second-order valence-corrected chi connectivity index (χ2v) is 24.7. The van der Waals surface area contributed by atoms with Crippen molar-refractivity contribution < 1.29 is 82.6 Å². The third kappa shape index (κ3) is 15.3. The Bertz CT molecular complexity index is 3390. The maximum Gasteiger partial charge on any atom is 0.340 e. The molecular weight excluding hydrogens is 1210 g/mol. The molecule has 2 unspecified atom stereocenters. The van der Waals surface area contributed by atoms with Gasteiger partial charge >= 0.3 is 5.97 Å². The van der Waals surface area contributed by atoms with Crippen molar-refractivity contribution in [2.75, 3.05) is 31.3 Å². The third-order valence-electron chi connectivity index (χ3n) is 15.8. The number of carbonyl (C=O) groups is 11. The Morgan fingerprint density at radius 3 is 2.07 bits per heavy atom. The zero-order chi connectivity index (χ0) is 65.1. The van der Waals surface area contributed by atoms with Gasteiger partial charge in [0.1, 0.15) is 71.0 Å². The summed E-state index contributed by atoms with van der Waals surface area (Å²) in [7, 11) is 2.16. The van der Waals surface area contributed by atoms with Crippen molar-refractivity contribution in [3.8, 4) is 28.7 Å². The van der Waals surface area contributed by atoms with E-state index in [4.69, 9.17) is 20.9 Å². The van der Waals surface area contributed by atoms with Crippen LogP contribution in [0.1, 0.15) is 115 Å². The lowest BCUT2D eigenvalue weighted by atomic mass is 9.77. The van der Waals surface area contributed by atoms with Gasteiger partial charge in [-0.1, -0.05) is 54.0 Å². The van der Waals surface area contributed by atoms with Gasteiger partial charge in [0.25, 0.3) is 5.91 Å². The lowest BCUT2D eigenvalue weighted by molar-refractivity contribution is -0.142. The van der Waals surface area contributed by atoms with E-state index in [2.05, 4.69) is 42.5 Å². The molecule has 28 nitrogen and oxygen atoms in total. The number of rotatable bonds is 16. The molecule has 1 spiro atoms. The zero-order valence-electron chi connectivity index (χ0n) is 49.2. The van der Waals surface area contributed by atoms with E-state index in [9.17, 15) is 73.2 Å². The Morgan fingerprint density at radius 1 is 0.767 bits per heavy atom. The Kier molecular flexibility index (Phi) is 21.9. The molecule has 16 N–H and O–H groups in total. The van der Waals surface area contributed by atoms with Gasteiger partial charge in [0, 0.05) is 65.4 Å². The quantitative estimate of drug-likeness (QED) is 0.0310. The molecule has 90 heavy (non-hydrogen) atoms. The fraction of sp³-hybridized carbons (Fsp3) is 0.417. The average molecular weight is 1280 g/mol. The number of aromatic hydroxyl groups is 3. The van der Waals surface area contributed by atoms with Crippen LogP contribution >= 0.6 is 21.6 Å². The van der Waals surface area contributed by atoms with Gasteiger partial charge in [-0.2, -0.15) is 0 Å². The van der Waals surface area contributed by atoms with Crippen molar-refractivity contribution in [1.29, 1.82) is 0 Å². The van der Waals surface area contributed by atoms with Gasteiger partial charge in [0.05, 0.1) is 24.8 Å². The van der Waals surface area contributed by atoms with E-state index in [-0.39, 0.29) is 102 Å². The molecule has 4 heterocycles. The first-order chi connectivity index (χ1) is 42.9. The Morgan fingerprint density at radius 2 is 1.42 bits per heavy atom. The summed E-state index contributed by atoms with van der Waals surface area (Å²) in [6, 6.07) is 8.04. The molecule has 2 fully saturated rings. The van der Waals surface area contributed by atoms with E-state index >= 15 is 0 Å². The van der Waals surface area contributed by atoms with Crippen molar-refractivity contribution in [1.82, 2.24) is 47.4 Å². The van der Waals surface area contributed by atoms with E-state index in [1.165, 1.54) is 90.7 Å². The summed E-state index contributed by atoms with van der Waals surface area (Å²) in [5, 5.41) is 62.2. The predicted octanol–water partition coefficient (Wildman–Crippen LogP) is 0.274. The molecule has 8 rings (SSSR count). The van der Waals surface area contributed by atoms with Crippen LogP contribution in [-0.4, -0.2) is 164 Å². The van der Waals surface area contributed by atoms with Crippen LogP contribution in [0, 0.1) is 5.92 Å². The SMILES string of the molecule is CCC(C)[C@H]1NC(=O)[C@H](c2ccc(O)cc2)NC(=O)CCSSC[C@H](C(=O)N2CCC[C@@H]2C(=O)N[C@@H](CCCNC(=O)c2ccc3c(c2)C2(OC3=O)c3ccc(O)cc3Oc3cc(O)ccc32)C(=O)NCN)NC(=O)[C@@H](CC(N)=O)NC(=O)[C@@H](C(C)O)NC1=O. The number of amides is 10. The molecule has 9 atom stereocenters. The van der Waals surface area contributed by atoms with Gasteiger partial charge < -0.3 is 88.8 Å². The molecule has 4 aliphatic heterocycles. The second-order valence-electron chi connectivity index (χ2n) is 22.0. The van der Waals surface area contributed by atoms with Crippen LogP contribution in [0.25, 0.3) is 0 Å². The maximum atomic E-state index is 14.8. The Hall–Kier alpha value is -9.13. The molecule has 30 heteroatoms. The van der Waals surface area contributed by atoms with Gasteiger partial charge in [-0.3, -0.25) is 47.9 Å². The first kappa shape index (κ1) is 66.8. The van der Waals surface area contributed by atoms with Gasteiger partial charge in [-0.05, 0) is 98.7 Å². The first-order valence-corrected chi connectivity index (χ1v) is 31.5. The standard InChI is InChI=1S/C60H71N11O17S2/c1-4-29(2)48-55(82)70-49(30(3)72)56(83)66-41(26-46(62)76)53(80)67-42(27-90-89-22-19-47(77)68-50(57(84)69-48)31-9-12-33(73)13-10-31)58(85)71-21-6-8-43(71)54(81)65-40(52(79)64-28-61)7-5-20-63-51(78)32-11-16-36-39(23-32)60(88-59(36)86)37-17-14-34(74)24-44(37)87-45-25-35(75)15-18-38(45)60/h9-18,23-25,29-30,40-43,48-50,72-75H,4-8,19-22,26-28,61H2,1-3H3,(H2,62,76)(H,63,78)(H,64,79)(H,65,81)(H,66,83)(H,67,80)(H,68,77)(H,69,84)(H,70,82)/t29?,30?,40-,41+,42+,43+,48+,49+,50-/m0/s1. The fourth-order valence-corrected chi connectivity index (χ4v) is 13.1. The largest absolute Gasteiger partial charge is 0.508 e. The number of phenolic OH excluding ortho intramolecular Hbond substituents is 3. The molecule has 4 aliphatic rings. The van der Waals surface area contributed by atoms with Crippen LogP contribution in [-0.2, 0) is 53.5 Å². The van der Waals surface area contributed by atoms with Crippen LogP contribution in [0.15, 0.2) is 78.9 Å². The molecule has 0 bridgehead atoms. The number of nitrogens with zero attached hydrogens (tertiary/aromatic N) is 1. The summed E-state index contributed by atoms with van der Waals surface area (Å²) in [5.74, 6) is -10.0.